The topological polar surface area (TPSA) is 220 Å². The molecule has 0 radical (unpaired) electrons. The van der Waals surface area contributed by atoms with Gasteiger partial charge in [-0.3, -0.25) is 9.59 Å². The highest BCUT2D eigenvalue weighted by Gasteiger charge is 2.86. The van der Waals surface area contributed by atoms with Crippen molar-refractivity contribution in [3.05, 3.63) is 146 Å². The number of rotatable bonds is 10. The van der Waals surface area contributed by atoms with Crippen LogP contribution in [0, 0.1) is 51.8 Å². The predicted octanol–water partition coefficient (Wildman–Crippen LogP) is 11.0. The monoisotopic (exact) mass is 1220 g/mol. The maximum atomic E-state index is 16.9. The Morgan fingerprint density at radius 3 is 2.58 bits per heavy atom. The molecule has 5 fully saturated rings. The molecule has 13 aliphatic rings. The van der Waals surface area contributed by atoms with Gasteiger partial charge in [-0.2, -0.15) is 0 Å². The molecule has 10 N–H and O–H groups in total. The Balaban J connectivity index is 0.922. The number of allylic oxidation sites excluding steroid dienone is 8. The lowest BCUT2D eigenvalue weighted by molar-refractivity contribution is -0.199. The number of nitrogens with two attached hydrogens (primary N) is 1. The van der Waals surface area contributed by atoms with Crippen LogP contribution in [-0.4, -0.2) is 101 Å². The van der Waals surface area contributed by atoms with E-state index in [0.29, 0.717) is 68.7 Å². The average Bonchev–Trinajstić information content (AvgIpc) is 1.47. The summed E-state index contributed by atoms with van der Waals surface area (Å²) in [5.41, 5.74) is 11.4. The van der Waals surface area contributed by atoms with Crippen LogP contribution in [0.4, 0.5) is 0 Å². The maximum Gasteiger partial charge on any atom is 0.350 e. The number of aliphatic hydroxyl groups excluding tert-OH is 2. The Kier molecular flexibility index (Phi) is 15.4. The summed E-state index contributed by atoms with van der Waals surface area (Å²) in [6, 6.07) is 13.4. The minimum absolute atomic E-state index is 0.0803. The predicted molar refractivity (Wildman–Crippen MR) is 347 cm³/mol. The number of dihydropyridines is 2. The van der Waals surface area contributed by atoms with Gasteiger partial charge in [0.25, 0.3) is 5.60 Å². The first kappa shape index (κ1) is 60.6. The molecule has 480 valence electrons. The number of phenols is 1. The molecular weight excluding hydrogens is 1120 g/mol. The van der Waals surface area contributed by atoms with Crippen LogP contribution in [0.25, 0.3) is 0 Å². The van der Waals surface area contributed by atoms with E-state index in [2.05, 4.69) is 83.1 Å². The summed E-state index contributed by atoms with van der Waals surface area (Å²) in [6.45, 7) is 7.51. The van der Waals surface area contributed by atoms with Gasteiger partial charge in [-0.25, -0.2) is 4.79 Å². The molecule has 90 heavy (non-hydrogen) atoms. The highest BCUT2D eigenvalue weighted by Crippen LogP contribution is 2.71. The Labute approximate surface area is 532 Å². The zero-order valence-electron chi connectivity index (χ0n) is 53.7. The summed E-state index contributed by atoms with van der Waals surface area (Å²) in [4.78, 5) is 49.8. The lowest BCUT2D eigenvalue weighted by atomic mass is 9.45. The summed E-state index contributed by atoms with van der Waals surface area (Å²) in [7, 11) is 1.97. The van der Waals surface area contributed by atoms with Crippen LogP contribution < -0.4 is 32.3 Å². The molecule has 1 unspecified atom stereocenters. The van der Waals surface area contributed by atoms with Crippen LogP contribution in [-0.2, 0) is 20.7 Å². The van der Waals surface area contributed by atoms with Crippen LogP contribution in [0.1, 0.15) is 200 Å². The van der Waals surface area contributed by atoms with Crippen molar-refractivity contribution in [1.82, 2.24) is 26.6 Å². The van der Waals surface area contributed by atoms with Gasteiger partial charge in [0.2, 0.25) is 5.78 Å². The van der Waals surface area contributed by atoms with E-state index >= 15 is 14.4 Å². The van der Waals surface area contributed by atoms with Crippen molar-refractivity contribution in [3.8, 4) is 5.75 Å². The molecule has 14 heteroatoms. The Bertz CT molecular complexity index is 3500. The second kappa shape index (κ2) is 22.9. The average molecular weight is 1220 g/mol. The fraction of sp³-hybridized carbons (Fsp3) is 0.618. The molecule has 6 heterocycles. The van der Waals surface area contributed by atoms with Crippen molar-refractivity contribution in [1.29, 1.82) is 0 Å². The summed E-state index contributed by atoms with van der Waals surface area (Å²) < 4.78 is 14.6. The molecule has 0 aromatic heterocycles. The first-order valence-corrected chi connectivity index (χ1v) is 35.0. The standard InChI is InChI=1S/C76H98N6O8/c1-5-81-74-38-49-16-10-14-46-13-6-7-25-71(3)36-45-31-58(68(77)80-41-45)56(48-15-11-18-52(84)32-48)34-60-59(40-74)57(35-62(85)73(60)29-28-72(43-73)26-8-9-27-72)65(61(74)33-55(46)49)89-70(88)76-67(87)64-50(37-71)17-12-19-54(64)66(86)75(76,90-76)39-51(42-83)44(2)20-21-47-24-30-79-69-53(47)22-23-63(78-4)82-69/h10-12,15-19,24,31-32,38,41,46,55-57,59-63,65,68,78-85H,5-9,13-14,20-23,25-30,33-37,39-40,42-43,77H2,1-4H3/b51-44-/t46-,55+,56-,57+,59+,60+,61+,62-,63-,65-,68?,71-,73-,74+,75+,76+/m1/s1. The van der Waals surface area contributed by atoms with E-state index in [4.69, 9.17) is 15.2 Å². The van der Waals surface area contributed by atoms with E-state index in [1.54, 1.807) is 12.1 Å². The van der Waals surface area contributed by atoms with Crippen molar-refractivity contribution in [3.63, 3.8) is 0 Å². The second-order valence-corrected chi connectivity index (χ2v) is 31.1. The number of epoxide rings is 1. The van der Waals surface area contributed by atoms with E-state index in [1.807, 2.05) is 38.2 Å². The largest absolute Gasteiger partial charge is 0.508 e. The van der Waals surface area contributed by atoms with Gasteiger partial charge in [-0.05, 0) is 233 Å². The number of hydrogen-bond donors (Lipinski definition) is 9. The number of carbonyl (C=O) groups is 3. The molecule has 2 aromatic rings. The van der Waals surface area contributed by atoms with Gasteiger partial charge in [0.1, 0.15) is 17.7 Å². The molecule has 2 aromatic carbocycles. The molecule has 7 aliphatic carbocycles. The second-order valence-electron chi connectivity index (χ2n) is 31.1. The van der Waals surface area contributed by atoms with E-state index in [9.17, 15) is 15.3 Å². The summed E-state index contributed by atoms with van der Waals surface area (Å²) >= 11 is 0. The van der Waals surface area contributed by atoms with Gasteiger partial charge in [0, 0.05) is 53.6 Å². The van der Waals surface area contributed by atoms with Gasteiger partial charge in [-0.1, -0.05) is 106 Å². The number of phenolic OH excluding ortho intramolecular Hbond substituents is 1. The van der Waals surface area contributed by atoms with Crippen molar-refractivity contribution in [2.45, 2.75) is 216 Å². The number of aliphatic hydroxyl groups is 2. The van der Waals surface area contributed by atoms with Crippen molar-refractivity contribution in [2.24, 2.45) is 57.5 Å². The van der Waals surface area contributed by atoms with E-state index in [-0.39, 0.29) is 77.0 Å². The normalized spacial score (nSPS) is 39.9. The number of ketones is 2. The first-order chi connectivity index (χ1) is 43.5. The molecule has 15 rings (SSSR count). The maximum absolute atomic E-state index is 16.9. The van der Waals surface area contributed by atoms with Gasteiger partial charge >= 0.3 is 5.97 Å². The minimum atomic E-state index is -2.32. The highest BCUT2D eigenvalue weighted by molar-refractivity contribution is 6.33. The lowest BCUT2D eigenvalue weighted by Gasteiger charge is -2.63. The van der Waals surface area contributed by atoms with Crippen LogP contribution in [0.15, 0.2) is 124 Å². The molecule has 0 amide bonds. The number of benzene rings is 2. The molecule has 14 nitrogen and oxygen atoms in total. The number of esters is 1. The molecule has 4 saturated carbocycles. The SMILES string of the molecule is CCN[C@@]12C=C3C=CC[C@H]4CCCC[C@]5(C)CC6=CNC(N)C(=C6)[C@@H](c6cccc(O)c6)C[C@H]6[C@@H](C1)[C@H](C[C@@H](O)[C@@]61CCC6(CCCC6)C1)[C@@H](OC(=O)[C@]16O[C@@]1(C/C(CO)=C(\C)CCC1=CCNC7=C1CC[C@H](NC)N7)C(=O)c1cccc(c1C6=O)C5)[C@@H]2C[C@H]34. The Morgan fingerprint density at radius 1 is 0.933 bits per heavy atom. The molecular formula is C76H98N6O8. The molecule has 1 saturated heterocycles. The molecule has 3 spiro atoms. The van der Waals surface area contributed by atoms with Crippen LogP contribution in [0.5, 0.6) is 5.75 Å². The minimum Gasteiger partial charge on any atom is -0.508 e. The number of likely N-dealkylation sites (N-methyl/N-ethyl adjacent to an activating group) is 1. The smallest absolute Gasteiger partial charge is 0.350 e. The Morgan fingerprint density at radius 2 is 1.77 bits per heavy atom. The van der Waals surface area contributed by atoms with Gasteiger partial charge in [0.05, 0.1) is 25.0 Å². The summed E-state index contributed by atoms with van der Waals surface area (Å²) in [5.74, 6) is -0.912. The van der Waals surface area contributed by atoms with E-state index in [0.717, 1.165) is 118 Å². The quantitative estimate of drug-likeness (QED) is 0.0468. The van der Waals surface area contributed by atoms with Crippen LogP contribution >= 0.6 is 0 Å². The number of hydrogen-bond acceptors (Lipinski definition) is 14. The fourth-order valence-corrected chi connectivity index (χ4v) is 21.9. The number of nitrogens with one attached hydrogen (secondary N) is 5. The van der Waals surface area contributed by atoms with Crippen molar-refractivity contribution >= 4 is 17.5 Å². The fourth-order valence-electron chi connectivity index (χ4n) is 21.9. The molecule has 16 atom stereocenters. The number of fused-ring (bicyclic) bond motifs is 4. The zero-order valence-corrected chi connectivity index (χ0v) is 53.7. The third kappa shape index (κ3) is 9.68. The summed E-state index contributed by atoms with van der Waals surface area (Å²) in [5, 5.41) is 55.2. The zero-order chi connectivity index (χ0) is 62.1. The summed E-state index contributed by atoms with van der Waals surface area (Å²) in [6.07, 6.45) is 31.4. The van der Waals surface area contributed by atoms with Crippen LogP contribution in [0.3, 0.4) is 0 Å². The van der Waals surface area contributed by atoms with E-state index < -0.39 is 63.5 Å². The Hall–Kier alpha value is -5.61. The number of carbonyl (C=O) groups excluding carboxylic acids is 3. The highest BCUT2D eigenvalue weighted by atomic mass is 16.7. The van der Waals surface area contributed by atoms with E-state index in [1.165, 1.54) is 29.6 Å². The van der Waals surface area contributed by atoms with Gasteiger partial charge in [0.15, 0.2) is 11.4 Å². The number of Topliss-reactive ketones (excluding diaryl/α,β-unsaturated/α-hetero) is 2. The van der Waals surface area contributed by atoms with Crippen molar-refractivity contribution in [2.75, 3.05) is 26.7 Å². The van der Waals surface area contributed by atoms with Gasteiger partial charge < -0.3 is 57.1 Å². The number of ether oxygens (including phenoxy) is 2. The third-order valence-electron chi connectivity index (χ3n) is 26.3. The molecule has 11 bridgehead atoms. The first-order valence-electron chi connectivity index (χ1n) is 35.0. The number of aromatic hydroxyl groups is 1. The third-order valence-corrected chi connectivity index (χ3v) is 26.3. The van der Waals surface area contributed by atoms with Crippen molar-refractivity contribution < 1.29 is 39.2 Å². The van der Waals surface area contributed by atoms with Gasteiger partial charge in [-0.15, -0.1) is 0 Å². The van der Waals surface area contributed by atoms with Crippen LogP contribution in [0.2, 0.25) is 0 Å². The molecule has 6 aliphatic heterocycles. The lowest BCUT2D eigenvalue weighted by Crippen LogP contribution is -2.68.